The minimum Gasteiger partial charge on any atom is -0.351 e. The number of benzene rings is 1. The molecule has 0 heterocycles. The third kappa shape index (κ3) is 4.22. The van der Waals surface area contributed by atoms with Gasteiger partial charge in [0.2, 0.25) is 0 Å². The van der Waals surface area contributed by atoms with Gasteiger partial charge in [-0.05, 0) is 53.4 Å². The maximum Gasteiger partial charge on any atom is 0.252 e. The number of alkyl halides is 1. The second kappa shape index (κ2) is 7.30. The van der Waals surface area contributed by atoms with Gasteiger partial charge in [0.1, 0.15) is 0 Å². The number of halogens is 2. The van der Waals surface area contributed by atoms with E-state index in [0.717, 1.165) is 22.9 Å². The van der Waals surface area contributed by atoms with Gasteiger partial charge in [-0.1, -0.05) is 19.9 Å². The van der Waals surface area contributed by atoms with Gasteiger partial charge in [-0.15, -0.1) is 11.6 Å². The van der Waals surface area contributed by atoms with Crippen molar-refractivity contribution in [3.63, 3.8) is 0 Å². The minimum absolute atomic E-state index is 0.00557. The lowest BCUT2D eigenvalue weighted by atomic mass is 9.84. The molecule has 0 saturated heterocycles. The van der Waals surface area contributed by atoms with Crippen LogP contribution >= 0.6 is 27.5 Å². The van der Waals surface area contributed by atoms with Crippen LogP contribution in [0.2, 0.25) is 0 Å². The molecule has 1 aromatic carbocycles. The molecule has 1 aromatic rings. The number of aryl methyl sites for hydroxylation is 1. The van der Waals surface area contributed by atoms with Crippen molar-refractivity contribution in [3.8, 4) is 0 Å². The first-order chi connectivity index (χ1) is 8.98. The van der Waals surface area contributed by atoms with Gasteiger partial charge in [0, 0.05) is 22.3 Å². The molecule has 19 heavy (non-hydrogen) atoms. The van der Waals surface area contributed by atoms with E-state index < -0.39 is 0 Å². The van der Waals surface area contributed by atoms with Crippen molar-refractivity contribution in [1.82, 2.24) is 5.32 Å². The Morgan fingerprint density at radius 1 is 1.37 bits per heavy atom. The molecule has 0 fully saturated rings. The van der Waals surface area contributed by atoms with Gasteiger partial charge in [0.15, 0.2) is 0 Å². The van der Waals surface area contributed by atoms with Crippen LogP contribution in [0.4, 0.5) is 0 Å². The summed E-state index contributed by atoms with van der Waals surface area (Å²) in [5.41, 5.74) is 1.79. The summed E-state index contributed by atoms with van der Waals surface area (Å²) >= 11 is 9.48. The van der Waals surface area contributed by atoms with Crippen LogP contribution in [0.25, 0.3) is 0 Å². The smallest absolute Gasteiger partial charge is 0.252 e. The highest BCUT2D eigenvalue weighted by Crippen LogP contribution is 2.27. The van der Waals surface area contributed by atoms with E-state index >= 15 is 0 Å². The lowest BCUT2D eigenvalue weighted by Gasteiger charge is -2.29. The summed E-state index contributed by atoms with van der Waals surface area (Å²) in [7, 11) is 0. The molecule has 0 aliphatic carbocycles. The van der Waals surface area contributed by atoms with Crippen LogP contribution in [0.15, 0.2) is 22.7 Å². The Morgan fingerprint density at radius 2 is 2.00 bits per heavy atom. The number of rotatable bonds is 6. The summed E-state index contributed by atoms with van der Waals surface area (Å²) in [6, 6.07) is 5.73. The maximum absolute atomic E-state index is 12.2. The van der Waals surface area contributed by atoms with Gasteiger partial charge < -0.3 is 5.32 Å². The molecule has 1 rings (SSSR count). The number of carbonyl (C=O) groups excluding carboxylic acids is 1. The lowest BCUT2D eigenvalue weighted by molar-refractivity contribution is 0.0931. The Balaban J connectivity index is 2.75. The molecule has 1 N–H and O–H groups in total. The molecule has 0 bridgehead atoms. The van der Waals surface area contributed by atoms with Crippen molar-refractivity contribution in [2.75, 3.05) is 12.4 Å². The first-order valence-electron chi connectivity index (χ1n) is 6.58. The molecule has 0 aliphatic rings. The lowest BCUT2D eigenvalue weighted by Crippen LogP contribution is -2.38. The van der Waals surface area contributed by atoms with Gasteiger partial charge in [-0.3, -0.25) is 4.79 Å². The standard InChI is InChI=1S/C15H21BrClNO/c1-4-15(5-2,9-17)10-18-14(19)12-7-6-11(3)8-13(12)16/h6-8H,4-5,9-10H2,1-3H3,(H,18,19). The Hall–Kier alpha value is -0.540. The van der Waals surface area contributed by atoms with Crippen LogP contribution in [0.3, 0.4) is 0 Å². The molecule has 2 nitrogen and oxygen atoms in total. The number of hydrogen-bond donors (Lipinski definition) is 1. The van der Waals surface area contributed by atoms with Gasteiger partial charge >= 0.3 is 0 Å². The van der Waals surface area contributed by atoms with Crippen molar-refractivity contribution in [1.29, 1.82) is 0 Å². The first kappa shape index (κ1) is 16.5. The summed E-state index contributed by atoms with van der Waals surface area (Å²) in [6.45, 7) is 6.83. The van der Waals surface area contributed by atoms with E-state index in [0.29, 0.717) is 18.0 Å². The van der Waals surface area contributed by atoms with E-state index in [1.165, 1.54) is 0 Å². The van der Waals surface area contributed by atoms with Crippen molar-refractivity contribution in [2.24, 2.45) is 5.41 Å². The van der Waals surface area contributed by atoms with Crippen LogP contribution in [-0.2, 0) is 0 Å². The van der Waals surface area contributed by atoms with Gasteiger partial charge in [0.25, 0.3) is 5.91 Å². The molecular formula is C15H21BrClNO. The molecule has 0 atom stereocenters. The normalized spacial score (nSPS) is 11.4. The van der Waals surface area contributed by atoms with Crippen LogP contribution in [0, 0.1) is 12.3 Å². The summed E-state index contributed by atoms with van der Waals surface area (Å²) in [4.78, 5) is 12.2. The van der Waals surface area contributed by atoms with Gasteiger partial charge in [-0.2, -0.15) is 0 Å². The molecular weight excluding hydrogens is 326 g/mol. The molecule has 0 aliphatic heterocycles. The average Bonchev–Trinajstić information content (AvgIpc) is 2.40. The molecule has 106 valence electrons. The van der Waals surface area contributed by atoms with Gasteiger partial charge in [-0.25, -0.2) is 0 Å². The molecule has 0 radical (unpaired) electrons. The number of carbonyl (C=O) groups is 1. The highest BCUT2D eigenvalue weighted by atomic mass is 79.9. The van der Waals surface area contributed by atoms with Crippen molar-refractivity contribution >= 4 is 33.4 Å². The number of nitrogens with one attached hydrogen (secondary N) is 1. The van der Waals surface area contributed by atoms with Gasteiger partial charge in [0.05, 0.1) is 5.56 Å². The third-order valence-electron chi connectivity index (χ3n) is 3.78. The predicted molar refractivity (Wildman–Crippen MR) is 84.9 cm³/mol. The first-order valence-corrected chi connectivity index (χ1v) is 7.91. The fourth-order valence-corrected chi connectivity index (χ4v) is 3.05. The fraction of sp³-hybridized carbons (Fsp3) is 0.533. The third-order valence-corrected chi connectivity index (χ3v) is 5.00. The number of hydrogen-bond acceptors (Lipinski definition) is 1. The SMILES string of the molecule is CCC(CC)(CCl)CNC(=O)c1ccc(C)cc1Br. The van der Waals surface area contributed by atoms with Crippen LogP contribution in [0.5, 0.6) is 0 Å². The zero-order chi connectivity index (χ0) is 14.5. The molecule has 4 heteroatoms. The summed E-state index contributed by atoms with van der Waals surface area (Å²) < 4.78 is 0.828. The molecule has 0 unspecified atom stereocenters. The second-order valence-corrected chi connectivity index (χ2v) is 6.13. The highest BCUT2D eigenvalue weighted by molar-refractivity contribution is 9.10. The minimum atomic E-state index is -0.0525. The van der Waals surface area contributed by atoms with Crippen LogP contribution in [0.1, 0.15) is 42.6 Å². The Bertz CT molecular complexity index is 436. The molecule has 0 spiro atoms. The average molecular weight is 347 g/mol. The highest BCUT2D eigenvalue weighted by Gasteiger charge is 2.26. The molecule has 1 amide bonds. The largest absolute Gasteiger partial charge is 0.351 e. The fourth-order valence-electron chi connectivity index (χ4n) is 1.90. The van der Waals surface area contributed by atoms with E-state index in [-0.39, 0.29) is 11.3 Å². The Morgan fingerprint density at radius 3 is 2.47 bits per heavy atom. The molecule has 0 saturated carbocycles. The zero-order valence-corrected chi connectivity index (χ0v) is 14.1. The summed E-state index contributed by atoms with van der Waals surface area (Å²) in [5, 5.41) is 3.00. The second-order valence-electron chi connectivity index (χ2n) is 5.01. The summed E-state index contributed by atoms with van der Waals surface area (Å²) in [6.07, 6.45) is 1.92. The van der Waals surface area contributed by atoms with Crippen LogP contribution in [-0.4, -0.2) is 18.3 Å². The maximum atomic E-state index is 12.2. The summed E-state index contributed by atoms with van der Waals surface area (Å²) in [5.74, 6) is 0.512. The topological polar surface area (TPSA) is 29.1 Å². The van der Waals surface area contributed by atoms with E-state index in [4.69, 9.17) is 11.6 Å². The van der Waals surface area contributed by atoms with E-state index in [1.807, 2.05) is 25.1 Å². The molecule has 0 aromatic heterocycles. The monoisotopic (exact) mass is 345 g/mol. The Kier molecular flexibility index (Phi) is 6.34. The van der Waals surface area contributed by atoms with Crippen molar-refractivity contribution < 1.29 is 4.79 Å². The van der Waals surface area contributed by atoms with Crippen LogP contribution < -0.4 is 5.32 Å². The van der Waals surface area contributed by atoms with E-state index in [9.17, 15) is 4.79 Å². The van der Waals surface area contributed by atoms with Crippen molar-refractivity contribution in [2.45, 2.75) is 33.6 Å². The number of amides is 1. The zero-order valence-electron chi connectivity index (χ0n) is 11.7. The predicted octanol–water partition coefficient (Wildman–Crippen LogP) is 4.53. The van der Waals surface area contributed by atoms with E-state index in [1.54, 1.807) is 0 Å². The van der Waals surface area contributed by atoms with E-state index in [2.05, 4.69) is 35.1 Å². The quantitative estimate of drug-likeness (QED) is 0.753. The van der Waals surface area contributed by atoms with Crippen molar-refractivity contribution in [3.05, 3.63) is 33.8 Å². The Labute approximate surface area is 129 Å².